The summed E-state index contributed by atoms with van der Waals surface area (Å²) in [5.41, 5.74) is 5.75. The van der Waals surface area contributed by atoms with Gasteiger partial charge in [0.2, 0.25) is 0 Å². The molecule has 2 nitrogen and oxygen atoms in total. The lowest BCUT2D eigenvalue weighted by atomic mass is 9.89. The molecule has 0 aliphatic carbocycles. The van der Waals surface area contributed by atoms with E-state index in [4.69, 9.17) is 9.97 Å². The highest BCUT2D eigenvalue weighted by atomic mass is 14.8. The van der Waals surface area contributed by atoms with Crippen molar-refractivity contribution in [2.24, 2.45) is 0 Å². The molecule has 0 atom stereocenters. The first-order chi connectivity index (χ1) is 20.8. The summed E-state index contributed by atoms with van der Waals surface area (Å²) in [4.78, 5) is 10.6. The largest absolute Gasteiger partial charge is 0.244 e. The van der Waals surface area contributed by atoms with Gasteiger partial charge in [-0.3, -0.25) is 0 Å². The fourth-order valence-corrected chi connectivity index (χ4v) is 6.61. The standard InChI is InChI=1S/C40H24N2/c1-2-11-28-23-29(20-17-25(28)9-1)39-40(42-37-16-8-7-15-36(37)41-39)35-24-34-33(31-13-5-6-14-32(31)35)22-21-27-19-18-26-10-3-4-12-30(26)38(27)34/h1-24H. The number of benzene rings is 8. The van der Waals surface area contributed by atoms with Crippen LogP contribution in [0.5, 0.6) is 0 Å². The summed E-state index contributed by atoms with van der Waals surface area (Å²) in [6.07, 6.45) is 0. The van der Waals surface area contributed by atoms with Gasteiger partial charge in [-0.25, -0.2) is 9.97 Å². The van der Waals surface area contributed by atoms with Crippen molar-refractivity contribution in [1.29, 1.82) is 0 Å². The van der Waals surface area contributed by atoms with E-state index in [-0.39, 0.29) is 0 Å². The van der Waals surface area contributed by atoms with Gasteiger partial charge in [-0.2, -0.15) is 0 Å². The Morgan fingerprint density at radius 1 is 0.333 bits per heavy atom. The van der Waals surface area contributed by atoms with Crippen LogP contribution in [0.1, 0.15) is 0 Å². The molecule has 0 aliphatic heterocycles. The highest BCUT2D eigenvalue weighted by Gasteiger charge is 2.19. The Morgan fingerprint density at radius 3 is 1.74 bits per heavy atom. The molecule has 9 aromatic rings. The Balaban J connectivity index is 1.45. The van der Waals surface area contributed by atoms with Crippen LogP contribution < -0.4 is 0 Å². The van der Waals surface area contributed by atoms with Crippen LogP contribution >= 0.6 is 0 Å². The van der Waals surface area contributed by atoms with Gasteiger partial charge in [-0.1, -0.05) is 121 Å². The van der Waals surface area contributed by atoms with Crippen molar-refractivity contribution in [1.82, 2.24) is 9.97 Å². The molecule has 194 valence electrons. The molecule has 8 aromatic carbocycles. The summed E-state index contributed by atoms with van der Waals surface area (Å²) in [5, 5.41) is 12.3. The van der Waals surface area contributed by atoms with Crippen LogP contribution in [0.4, 0.5) is 0 Å². The predicted octanol–water partition coefficient (Wildman–Crippen LogP) is 10.7. The second kappa shape index (κ2) is 8.95. The minimum atomic E-state index is 0.893. The molecule has 0 N–H and O–H groups in total. The molecule has 0 saturated carbocycles. The molecule has 1 heterocycles. The lowest BCUT2D eigenvalue weighted by molar-refractivity contribution is 1.30. The molecule has 1 aromatic heterocycles. The van der Waals surface area contributed by atoms with Gasteiger partial charge < -0.3 is 0 Å². The van der Waals surface area contributed by atoms with Gasteiger partial charge in [-0.05, 0) is 78.1 Å². The maximum absolute atomic E-state index is 5.34. The zero-order valence-corrected chi connectivity index (χ0v) is 22.8. The van der Waals surface area contributed by atoms with Gasteiger partial charge in [0.1, 0.15) is 0 Å². The summed E-state index contributed by atoms with van der Waals surface area (Å²) >= 11 is 0. The zero-order valence-electron chi connectivity index (χ0n) is 22.8. The van der Waals surface area contributed by atoms with Crippen LogP contribution in [0, 0.1) is 0 Å². The molecule has 0 bridgehead atoms. The van der Waals surface area contributed by atoms with Crippen LogP contribution in [0.2, 0.25) is 0 Å². The lowest BCUT2D eigenvalue weighted by Crippen LogP contribution is -1.97. The molecule has 9 rings (SSSR count). The fourth-order valence-electron chi connectivity index (χ4n) is 6.61. The van der Waals surface area contributed by atoms with E-state index in [2.05, 4.69) is 133 Å². The first kappa shape index (κ1) is 23.1. The maximum Gasteiger partial charge on any atom is 0.0979 e. The van der Waals surface area contributed by atoms with E-state index in [1.54, 1.807) is 0 Å². The lowest BCUT2D eigenvalue weighted by Gasteiger charge is -2.16. The highest BCUT2D eigenvalue weighted by Crippen LogP contribution is 2.42. The van der Waals surface area contributed by atoms with Crippen molar-refractivity contribution in [2.45, 2.75) is 0 Å². The molecule has 2 heteroatoms. The molecular weight excluding hydrogens is 508 g/mol. The van der Waals surface area contributed by atoms with Crippen molar-refractivity contribution < 1.29 is 0 Å². The smallest absolute Gasteiger partial charge is 0.0979 e. The molecular formula is C40H24N2. The van der Waals surface area contributed by atoms with Crippen LogP contribution in [0.15, 0.2) is 146 Å². The number of fused-ring (bicyclic) bond motifs is 9. The molecule has 0 radical (unpaired) electrons. The van der Waals surface area contributed by atoms with Crippen LogP contribution in [-0.2, 0) is 0 Å². The normalized spacial score (nSPS) is 11.8. The van der Waals surface area contributed by atoms with Crippen molar-refractivity contribution in [3.8, 4) is 22.5 Å². The van der Waals surface area contributed by atoms with E-state index in [9.17, 15) is 0 Å². The third kappa shape index (κ3) is 3.45. The summed E-state index contributed by atoms with van der Waals surface area (Å²) in [6.45, 7) is 0. The monoisotopic (exact) mass is 532 g/mol. The second-order valence-electron chi connectivity index (χ2n) is 11.0. The van der Waals surface area contributed by atoms with E-state index >= 15 is 0 Å². The number of nitrogens with zero attached hydrogens (tertiary/aromatic N) is 2. The molecule has 0 amide bonds. The summed E-state index contributed by atoms with van der Waals surface area (Å²) in [6, 6.07) is 52.0. The minimum Gasteiger partial charge on any atom is -0.244 e. The molecule has 42 heavy (non-hydrogen) atoms. The average Bonchev–Trinajstić information content (AvgIpc) is 3.06. The Morgan fingerprint density at radius 2 is 0.905 bits per heavy atom. The number of hydrogen-bond acceptors (Lipinski definition) is 2. The van der Waals surface area contributed by atoms with E-state index in [0.717, 1.165) is 33.5 Å². The number of para-hydroxylation sites is 2. The van der Waals surface area contributed by atoms with E-state index < -0.39 is 0 Å². The van der Waals surface area contributed by atoms with Gasteiger partial charge in [0.05, 0.1) is 22.4 Å². The number of rotatable bonds is 2. The number of hydrogen-bond donors (Lipinski definition) is 0. The minimum absolute atomic E-state index is 0.893. The number of aromatic nitrogens is 2. The first-order valence-corrected chi connectivity index (χ1v) is 14.3. The third-order valence-corrected chi connectivity index (χ3v) is 8.59. The molecule has 0 unspecified atom stereocenters. The Bertz CT molecular complexity index is 2530. The predicted molar refractivity (Wildman–Crippen MR) is 178 cm³/mol. The van der Waals surface area contributed by atoms with E-state index in [1.165, 1.54) is 53.9 Å². The Kier molecular flexibility index (Phi) is 4.93. The molecule has 0 spiro atoms. The highest BCUT2D eigenvalue weighted by molar-refractivity contribution is 6.26. The Hall–Kier alpha value is -5.60. The van der Waals surface area contributed by atoms with Gasteiger partial charge in [0.25, 0.3) is 0 Å². The van der Waals surface area contributed by atoms with Crippen LogP contribution in [0.25, 0.3) is 87.4 Å². The van der Waals surface area contributed by atoms with Gasteiger partial charge in [0, 0.05) is 11.1 Å². The van der Waals surface area contributed by atoms with Crippen molar-refractivity contribution >= 4 is 64.9 Å². The SMILES string of the molecule is c1ccc2cc(-c3nc4ccccc4nc3-c3cc4c(ccc5ccc6ccccc6c54)c4ccccc34)ccc2c1. The van der Waals surface area contributed by atoms with Crippen LogP contribution in [0.3, 0.4) is 0 Å². The maximum atomic E-state index is 5.34. The van der Waals surface area contributed by atoms with Gasteiger partial charge in [0.15, 0.2) is 0 Å². The van der Waals surface area contributed by atoms with Crippen LogP contribution in [-0.4, -0.2) is 9.97 Å². The van der Waals surface area contributed by atoms with E-state index in [1.807, 2.05) is 12.1 Å². The first-order valence-electron chi connectivity index (χ1n) is 14.3. The summed E-state index contributed by atoms with van der Waals surface area (Å²) in [5.74, 6) is 0. The van der Waals surface area contributed by atoms with Crippen molar-refractivity contribution in [3.63, 3.8) is 0 Å². The van der Waals surface area contributed by atoms with E-state index in [0.29, 0.717) is 0 Å². The topological polar surface area (TPSA) is 25.8 Å². The summed E-state index contributed by atoms with van der Waals surface area (Å²) in [7, 11) is 0. The summed E-state index contributed by atoms with van der Waals surface area (Å²) < 4.78 is 0. The molecule has 0 saturated heterocycles. The zero-order chi connectivity index (χ0) is 27.6. The Labute approximate surface area is 242 Å². The molecule has 0 fully saturated rings. The van der Waals surface area contributed by atoms with Crippen molar-refractivity contribution in [2.75, 3.05) is 0 Å². The van der Waals surface area contributed by atoms with Gasteiger partial charge >= 0.3 is 0 Å². The average molecular weight is 533 g/mol. The second-order valence-corrected chi connectivity index (χ2v) is 11.0. The molecule has 0 aliphatic rings. The van der Waals surface area contributed by atoms with Gasteiger partial charge in [-0.15, -0.1) is 0 Å². The third-order valence-electron chi connectivity index (χ3n) is 8.59. The quantitative estimate of drug-likeness (QED) is 0.207. The van der Waals surface area contributed by atoms with Crippen molar-refractivity contribution in [3.05, 3.63) is 146 Å². The fraction of sp³-hybridized carbons (Fsp3) is 0.